The van der Waals surface area contributed by atoms with Crippen LogP contribution in [0.4, 0.5) is 4.39 Å². The van der Waals surface area contributed by atoms with Crippen LogP contribution in [-0.2, 0) is 4.74 Å². The smallest absolute Gasteiger partial charge is 0.268 e. The number of morpholine rings is 1. The van der Waals surface area contributed by atoms with Crippen molar-refractivity contribution in [2.75, 3.05) is 19.7 Å². The topological polar surface area (TPSA) is 85.5 Å². The summed E-state index contributed by atoms with van der Waals surface area (Å²) in [6.45, 7) is 0.806. The molecule has 0 radical (unpaired) electrons. The summed E-state index contributed by atoms with van der Waals surface area (Å²) < 4.78 is 19.5. The highest BCUT2D eigenvalue weighted by Crippen LogP contribution is 2.25. The summed E-state index contributed by atoms with van der Waals surface area (Å²) in [4.78, 5) is 29.6. The van der Waals surface area contributed by atoms with Crippen LogP contribution in [0.15, 0.2) is 42.6 Å². The van der Waals surface area contributed by atoms with Gasteiger partial charge in [-0.25, -0.2) is 4.39 Å². The van der Waals surface area contributed by atoms with Gasteiger partial charge in [-0.15, -0.1) is 0 Å². The molecule has 6 nitrogen and oxygen atoms in total. The molecule has 1 unspecified atom stereocenters. The van der Waals surface area contributed by atoms with E-state index in [9.17, 15) is 14.0 Å². The molecular formula is C17H16FN3O3. The molecule has 2 amide bonds. The largest absolute Gasteiger partial charge is 0.370 e. The van der Waals surface area contributed by atoms with Gasteiger partial charge >= 0.3 is 0 Å². The van der Waals surface area contributed by atoms with E-state index in [2.05, 4.69) is 4.98 Å². The Labute approximate surface area is 138 Å². The number of pyridine rings is 1. The molecule has 1 aromatic carbocycles. The molecule has 2 aromatic rings. The van der Waals surface area contributed by atoms with Crippen molar-refractivity contribution in [2.45, 2.75) is 6.10 Å². The highest BCUT2D eigenvalue weighted by Gasteiger charge is 2.29. The van der Waals surface area contributed by atoms with Crippen molar-refractivity contribution in [3.63, 3.8) is 0 Å². The highest BCUT2D eigenvalue weighted by molar-refractivity contribution is 6.05. The fourth-order valence-electron chi connectivity index (χ4n) is 2.70. The Kier molecular flexibility index (Phi) is 4.52. The van der Waals surface area contributed by atoms with Gasteiger partial charge in [0.2, 0.25) is 0 Å². The Morgan fingerprint density at radius 1 is 1.25 bits per heavy atom. The summed E-state index contributed by atoms with van der Waals surface area (Å²) in [5.74, 6) is -1.52. The summed E-state index contributed by atoms with van der Waals surface area (Å²) in [7, 11) is 0. The first kappa shape index (κ1) is 16.1. The second kappa shape index (κ2) is 6.76. The van der Waals surface area contributed by atoms with Crippen molar-refractivity contribution in [2.24, 2.45) is 5.73 Å². The molecule has 2 N–H and O–H groups in total. The van der Waals surface area contributed by atoms with Crippen LogP contribution < -0.4 is 5.73 Å². The van der Waals surface area contributed by atoms with Gasteiger partial charge in [0.15, 0.2) is 0 Å². The molecule has 24 heavy (non-hydrogen) atoms. The summed E-state index contributed by atoms with van der Waals surface area (Å²) in [5.41, 5.74) is 5.74. The fraction of sp³-hybridized carbons (Fsp3) is 0.235. The Hall–Kier alpha value is -2.80. The molecule has 0 bridgehead atoms. The van der Waals surface area contributed by atoms with Crippen LogP contribution in [0.1, 0.15) is 32.5 Å². The van der Waals surface area contributed by atoms with E-state index >= 15 is 0 Å². The number of amides is 2. The third-order valence-electron chi connectivity index (χ3n) is 3.88. The highest BCUT2D eigenvalue weighted by atomic mass is 19.1. The second-order valence-corrected chi connectivity index (χ2v) is 5.40. The number of nitrogens with two attached hydrogens (primary N) is 1. The minimum absolute atomic E-state index is 0.0727. The summed E-state index contributed by atoms with van der Waals surface area (Å²) in [5, 5.41) is 0. The number of nitrogens with zero attached hydrogens (tertiary/aromatic N) is 2. The van der Waals surface area contributed by atoms with Crippen molar-refractivity contribution in [3.8, 4) is 0 Å². The Balaban J connectivity index is 1.84. The third kappa shape index (κ3) is 3.11. The number of aromatic nitrogens is 1. The summed E-state index contributed by atoms with van der Waals surface area (Å²) in [6.07, 6.45) is 0.843. The number of carbonyl (C=O) groups is 2. The van der Waals surface area contributed by atoms with Crippen LogP contribution >= 0.6 is 0 Å². The van der Waals surface area contributed by atoms with Gasteiger partial charge in [0.1, 0.15) is 17.6 Å². The number of primary amides is 1. The van der Waals surface area contributed by atoms with Crippen LogP contribution in [0.5, 0.6) is 0 Å². The zero-order chi connectivity index (χ0) is 17.1. The predicted octanol–water partition coefficient (Wildman–Crippen LogP) is 1.53. The predicted molar refractivity (Wildman–Crippen MR) is 83.8 cm³/mol. The number of hydrogen-bond acceptors (Lipinski definition) is 4. The van der Waals surface area contributed by atoms with E-state index in [1.54, 1.807) is 24.3 Å². The number of benzene rings is 1. The summed E-state index contributed by atoms with van der Waals surface area (Å²) in [6, 6.07) is 9.37. The average Bonchev–Trinajstić information content (AvgIpc) is 2.61. The molecule has 2 heterocycles. The van der Waals surface area contributed by atoms with E-state index in [4.69, 9.17) is 10.5 Å². The zero-order valence-electron chi connectivity index (χ0n) is 12.8. The van der Waals surface area contributed by atoms with Crippen LogP contribution in [0.2, 0.25) is 0 Å². The number of rotatable bonds is 3. The molecule has 3 rings (SSSR count). The molecule has 1 fully saturated rings. The molecular weight excluding hydrogens is 313 g/mol. The number of ether oxygens (including phenoxy) is 1. The molecule has 0 saturated carbocycles. The van der Waals surface area contributed by atoms with Gasteiger partial charge in [0.25, 0.3) is 11.8 Å². The van der Waals surface area contributed by atoms with Gasteiger partial charge in [0, 0.05) is 18.3 Å². The monoisotopic (exact) mass is 329 g/mol. The molecule has 124 valence electrons. The van der Waals surface area contributed by atoms with Crippen molar-refractivity contribution >= 4 is 11.8 Å². The first-order chi connectivity index (χ1) is 11.6. The molecule has 1 aromatic heterocycles. The lowest BCUT2D eigenvalue weighted by Crippen LogP contribution is -2.43. The van der Waals surface area contributed by atoms with Gasteiger partial charge in [0.05, 0.1) is 18.7 Å². The SMILES string of the molecule is NC(=O)c1ncccc1C(=O)N1CCOC(c2ccccc2F)C1. The minimum atomic E-state index is -0.766. The second-order valence-electron chi connectivity index (χ2n) is 5.40. The van der Waals surface area contributed by atoms with Crippen LogP contribution in [0.25, 0.3) is 0 Å². The Morgan fingerprint density at radius 3 is 2.79 bits per heavy atom. The van der Waals surface area contributed by atoms with Crippen molar-refractivity contribution in [1.82, 2.24) is 9.88 Å². The van der Waals surface area contributed by atoms with Gasteiger partial charge < -0.3 is 15.4 Å². The lowest BCUT2D eigenvalue weighted by molar-refractivity contribution is -0.0243. The van der Waals surface area contributed by atoms with Crippen molar-refractivity contribution < 1.29 is 18.7 Å². The number of hydrogen-bond donors (Lipinski definition) is 1. The Morgan fingerprint density at radius 2 is 2.04 bits per heavy atom. The van der Waals surface area contributed by atoms with E-state index in [0.29, 0.717) is 12.1 Å². The molecule has 0 aliphatic carbocycles. The van der Waals surface area contributed by atoms with E-state index in [0.717, 1.165) is 0 Å². The van der Waals surface area contributed by atoms with Gasteiger partial charge in [-0.1, -0.05) is 18.2 Å². The van der Waals surface area contributed by atoms with Gasteiger partial charge in [-0.2, -0.15) is 0 Å². The quantitative estimate of drug-likeness (QED) is 0.925. The molecule has 1 aliphatic heterocycles. The standard InChI is InChI=1S/C17H16FN3O3/c18-13-6-2-1-4-11(13)14-10-21(8-9-24-14)17(23)12-5-3-7-20-15(12)16(19)22/h1-7,14H,8-10H2,(H2,19,22). The maximum Gasteiger partial charge on any atom is 0.268 e. The molecule has 1 atom stereocenters. The van der Waals surface area contributed by atoms with Crippen LogP contribution in [0, 0.1) is 5.82 Å². The van der Waals surface area contributed by atoms with E-state index in [-0.39, 0.29) is 36.1 Å². The first-order valence-electron chi connectivity index (χ1n) is 7.48. The maximum absolute atomic E-state index is 13.9. The lowest BCUT2D eigenvalue weighted by atomic mass is 10.1. The van der Waals surface area contributed by atoms with Crippen molar-refractivity contribution in [3.05, 3.63) is 65.2 Å². The van der Waals surface area contributed by atoms with Crippen LogP contribution in [-0.4, -0.2) is 41.4 Å². The molecule has 1 aliphatic rings. The number of carbonyl (C=O) groups excluding carboxylic acids is 2. The molecule has 0 spiro atoms. The van der Waals surface area contributed by atoms with Crippen LogP contribution in [0.3, 0.4) is 0 Å². The van der Waals surface area contributed by atoms with E-state index in [1.807, 2.05) is 0 Å². The van der Waals surface area contributed by atoms with Gasteiger partial charge in [-0.3, -0.25) is 14.6 Å². The summed E-state index contributed by atoms with van der Waals surface area (Å²) >= 11 is 0. The lowest BCUT2D eigenvalue weighted by Gasteiger charge is -2.33. The maximum atomic E-state index is 13.9. The zero-order valence-corrected chi connectivity index (χ0v) is 12.8. The molecule has 1 saturated heterocycles. The van der Waals surface area contributed by atoms with Gasteiger partial charge in [-0.05, 0) is 18.2 Å². The molecule has 7 heteroatoms. The Bertz CT molecular complexity index is 781. The normalized spacial score (nSPS) is 17.5. The fourth-order valence-corrected chi connectivity index (χ4v) is 2.70. The third-order valence-corrected chi connectivity index (χ3v) is 3.88. The van der Waals surface area contributed by atoms with E-state index < -0.39 is 12.0 Å². The number of halogens is 1. The van der Waals surface area contributed by atoms with E-state index in [1.165, 1.54) is 23.2 Å². The van der Waals surface area contributed by atoms with Crippen molar-refractivity contribution in [1.29, 1.82) is 0 Å². The average molecular weight is 329 g/mol. The minimum Gasteiger partial charge on any atom is -0.370 e. The first-order valence-corrected chi connectivity index (χ1v) is 7.48.